The van der Waals surface area contributed by atoms with Crippen molar-refractivity contribution in [1.29, 1.82) is 0 Å². The minimum Gasteiger partial charge on any atom is -1.00 e. The molecule has 0 atom stereocenters. The molecule has 0 aliphatic heterocycles. The van der Waals surface area contributed by atoms with E-state index in [1.54, 1.807) is 11.3 Å². The molecule has 0 radical (unpaired) electrons. The van der Waals surface area contributed by atoms with Crippen LogP contribution in [-0.4, -0.2) is 34.5 Å². The van der Waals surface area contributed by atoms with Crippen LogP contribution in [0.4, 0.5) is 0 Å². The Morgan fingerprint density at radius 1 is 0.857 bits per heavy atom. The number of thiophene rings is 2. The summed E-state index contributed by atoms with van der Waals surface area (Å²) in [6, 6.07) is 4.35. The third-order valence-corrected chi connectivity index (χ3v) is 6.26. The standard InChI is InChI=1S/C12H18O2S.C10H14O2S.4K.H2O2.H2O.2H/c1-4-14-12(13)7-5-6-11-8-9(2)15-10(11)3;1-7-6-9(8(2)13-7)4-3-5-10(11)12;;;;;1-2;;;/h8H,4-7H2,1-3H3;6H,3-5H2,1-2H3,(H,11,12);;;;;1-2H;1H2;;/q;;4*+1;;;2*-1/p-2. The minimum absolute atomic E-state index is 0. The number of hydrogen-bond acceptors (Lipinski definition) is 9. The van der Waals surface area contributed by atoms with E-state index < -0.39 is 5.97 Å². The average molecular weight is 633 g/mol. The number of carboxylic acids is 1. The molecule has 0 saturated heterocycles. The van der Waals surface area contributed by atoms with Crippen molar-refractivity contribution in [3.05, 3.63) is 42.8 Å². The molecule has 3 N–H and O–H groups in total. The summed E-state index contributed by atoms with van der Waals surface area (Å²) in [6.07, 6.45) is 4.09. The molecule has 0 unspecified atom stereocenters. The molecule has 0 aliphatic carbocycles. The van der Waals surface area contributed by atoms with Crippen molar-refractivity contribution in [2.24, 2.45) is 0 Å². The van der Waals surface area contributed by atoms with Crippen LogP contribution < -0.4 is 211 Å². The molecule has 182 valence electrons. The molecular weight excluding hydrogens is 597 g/mol. The third kappa shape index (κ3) is 27.4. The maximum atomic E-state index is 11.1. The quantitative estimate of drug-likeness (QED) is 0.121. The minimum atomic E-state index is -0.954. The fourth-order valence-corrected chi connectivity index (χ4v) is 4.90. The van der Waals surface area contributed by atoms with Gasteiger partial charge in [0.1, 0.15) is 0 Å². The summed E-state index contributed by atoms with van der Waals surface area (Å²) in [6.45, 7) is 10.7. The number of hydrogen-bond donors (Lipinski definition) is 2. The average Bonchev–Trinajstić information content (AvgIpc) is 3.17. The van der Waals surface area contributed by atoms with E-state index >= 15 is 0 Å². The number of carboxylic acid groups (broad SMARTS) is 1. The van der Waals surface area contributed by atoms with Gasteiger partial charge in [0.2, 0.25) is 0 Å². The molecule has 0 amide bonds. The van der Waals surface area contributed by atoms with Gasteiger partial charge in [-0.2, -0.15) is 0 Å². The van der Waals surface area contributed by atoms with Crippen molar-refractivity contribution in [3.63, 3.8) is 0 Å². The van der Waals surface area contributed by atoms with Crippen LogP contribution in [0.2, 0.25) is 0 Å². The molecule has 2 heterocycles. The van der Waals surface area contributed by atoms with Gasteiger partial charge in [-0.3, -0.25) is 15.3 Å². The Hall–Kier alpha value is 4.77. The molecule has 35 heavy (non-hydrogen) atoms. The van der Waals surface area contributed by atoms with Gasteiger partial charge in [-0.05, 0) is 90.0 Å². The fraction of sp³-hybridized carbons (Fsp3) is 0.545. The molecule has 7 nitrogen and oxygen atoms in total. The molecule has 13 heteroatoms. The maximum absolute atomic E-state index is 11.1. The molecule has 0 saturated carbocycles. The van der Waals surface area contributed by atoms with Crippen LogP contribution in [0.3, 0.4) is 0 Å². The molecule has 0 bridgehead atoms. The van der Waals surface area contributed by atoms with Crippen LogP contribution in [0.25, 0.3) is 0 Å². The van der Waals surface area contributed by atoms with Crippen molar-refractivity contribution in [2.45, 2.75) is 73.1 Å². The van der Waals surface area contributed by atoms with Gasteiger partial charge >= 0.3 is 212 Å². The van der Waals surface area contributed by atoms with E-state index in [4.69, 9.17) is 15.3 Å². The zero-order chi connectivity index (χ0) is 23.1. The third-order valence-electron chi connectivity index (χ3n) is 4.25. The van der Waals surface area contributed by atoms with Gasteiger partial charge in [0.15, 0.2) is 0 Å². The Labute approximate surface area is 391 Å². The first-order chi connectivity index (χ1) is 14.2. The molecule has 2 aromatic rings. The van der Waals surface area contributed by atoms with Crippen LogP contribution >= 0.6 is 22.7 Å². The van der Waals surface area contributed by atoms with Crippen LogP contribution in [-0.2, 0) is 27.2 Å². The Kier molecular flexibility index (Phi) is 49.8. The van der Waals surface area contributed by atoms with Crippen molar-refractivity contribution >= 4 is 34.6 Å². The summed E-state index contributed by atoms with van der Waals surface area (Å²) < 4.78 is 4.88. The number of rotatable bonds is 9. The van der Waals surface area contributed by atoms with Gasteiger partial charge in [-0.15, -0.1) is 22.7 Å². The first-order valence-electron chi connectivity index (χ1n) is 9.90. The summed E-state index contributed by atoms with van der Waals surface area (Å²) in [5.74, 6) is -1.04. The van der Waals surface area contributed by atoms with E-state index in [0.29, 0.717) is 19.4 Å². The summed E-state index contributed by atoms with van der Waals surface area (Å²) in [5, 5.41) is 22.2. The van der Waals surface area contributed by atoms with Crippen molar-refractivity contribution < 1.29 is 244 Å². The Morgan fingerprint density at radius 2 is 1.23 bits per heavy atom. The van der Waals surface area contributed by atoms with E-state index in [1.807, 2.05) is 18.3 Å². The van der Waals surface area contributed by atoms with Crippen molar-refractivity contribution in [1.82, 2.24) is 0 Å². The number of carbonyl (C=O) groups is 2. The monoisotopic (exact) mass is 632 g/mol. The largest absolute Gasteiger partial charge is 1.00 e. The number of esters is 1. The fourth-order valence-electron chi connectivity index (χ4n) is 2.94. The summed E-state index contributed by atoms with van der Waals surface area (Å²) in [7, 11) is 0. The Bertz CT molecular complexity index is 795. The van der Waals surface area contributed by atoms with E-state index in [9.17, 15) is 14.7 Å². The van der Waals surface area contributed by atoms with E-state index in [2.05, 4.69) is 39.8 Å². The van der Waals surface area contributed by atoms with Crippen LogP contribution in [0.1, 0.15) is 66.1 Å². The molecule has 0 aliphatic rings. The van der Waals surface area contributed by atoms with Crippen LogP contribution in [0.5, 0.6) is 0 Å². The van der Waals surface area contributed by atoms with Gasteiger partial charge in [0.05, 0.1) is 6.61 Å². The van der Waals surface area contributed by atoms with Crippen LogP contribution in [0.15, 0.2) is 12.1 Å². The topological polar surface area (TPSA) is 137 Å². The predicted octanol–water partition coefficient (Wildman–Crippen LogP) is -7.23. The number of aryl methyl sites for hydroxylation is 6. The molecule has 0 fully saturated rings. The zero-order valence-corrected chi connectivity index (χ0v) is 37.0. The first kappa shape index (κ1) is 52.4. The molecule has 2 rings (SSSR count). The SMILES string of the molecule is CCOC(=O)CCCc1cc(C)sc1C.Cc1cc(CCCC(=O)[O-])c(C)s1.OO.[H-].[H-].[K+].[K+].[K+].[K+].[OH-]. The molecule has 2 aromatic heterocycles. The van der Waals surface area contributed by atoms with Crippen molar-refractivity contribution in [3.8, 4) is 0 Å². The Morgan fingerprint density at radius 3 is 1.51 bits per heavy atom. The van der Waals surface area contributed by atoms with E-state index in [-0.39, 0.29) is 226 Å². The van der Waals surface area contributed by atoms with Crippen LogP contribution in [0, 0.1) is 27.7 Å². The summed E-state index contributed by atoms with van der Waals surface area (Å²) >= 11 is 3.59. The second-order valence-corrected chi connectivity index (χ2v) is 9.68. The summed E-state index contributed by atoms with van der Waals surface area (Å²) in [4.78, 5) is 26.6. The van der Waals surface area contributed by atoms with E-state index in [1.165, 1.54) is 30.6 Å². The number of ether oxygens (including phenoxy) is 1. The molecular formula is C22H36K4O7S2. The predicted molar refractivity (Wildman–Crippen MR) is 125 cm³/mol. The summed E-state index contributed by atoms with van der Waals surface area (Å²) in [5.41, 5.74) is 2.66. The second kappa shape index (κ2) is 33.3. The normalized spacial score (nSPS) is 8.43. The zero-order valence-electron chi connectivity index (χ0n) is 24.9. The van der Waals surface area contributed by atoms with Gasteiger partial charge in [-0.1, -0.05) is 0 Å². The Balaban J connectivity index is -0.0000000605. The van der Waals surface area contributed by atoms with E-state index in [0.717, 1.165) is 19.3 Å². The molecule has 0 aromatic carbocycles. The smallest absolute Gasteiger partial charge is 1.00 e. The number of carbonyl (C=O) groups excluding carboxylic acids is 2. The van der Waals surface area contributed by atoms with Gasteiger partial charge < -0.3 is 23.0 Å². The van der Waals surface area contributed by atoms with Gasteiger partial charge in [-0.25, -0.2) is 0 Å². The van der Waals surface area contributed by atoms with Gasteiger partial charge in [0, 0.05) is 31.9 Å². The first-order valence-corrected chi connectivity index (χ1v) is 11.5. The second-order valence-electron chi connectivity index (χ2n) is 6.76. The number of aliphatic carboxylic acids is 1. The van der Waals surface area contributed by atoms with Gasteiger partial charge in [0.25, 0.3) is 0 Å². The molecule has 0 spiro atoms. The maximum Gasteiger partial charge on any atom is 1.00 e. The van der Waals surface area contributed by atoms with Crippen molar-refractivity contribution in [2.75, 3.05) is 6.61 Å².